The molecule has 2 atom stereocenters. The summed E-state index contributed by atoms with van der Waals surface area (Å²) in [5, 5.41) is 12.7. The summed E-state index contributed by atoms with van der Waals surface area (Å²) >= 11 is 0. The van der Waals surface area contributed by atoms with E-state index >= 15 is 0 Å². The van der Waals surface area contributed by atoms with Gasteiger partial charge in [-0.2, -0.15) is 0 Å². The van der Waals surface area contributed by atoms with E-state index in [4.69, 9.17) is 0 Å². The fourth-order valence-electron chi connectivity index (χ4n) is 1.73. The molecule has 0 aromatic rings. The molecule has 0 aromatic heterocycles. The van der Waals surface area contributed by atoms with Crippen molar-refractivity contribution in [3.63, 3.8) is 0 Å². The summed E-state index contributed by atoms with van der Waals surface area (Å²) in [6.07, 6.45) is 9.22. The van der Waals surface area contributed by atoms with Crippen LogP contribution >= 0.6 is 0 Å². The zero-order valence-corrected chi connectivity index (χ0v) is 9.42. The molecule has 14 heavy (non-hydrogen) atoms. The zero-order chi connectivity index (χ0) is 10.4. The van der Waals surface area contributed by atoms with E-state index in [0.717, 1.165) is 18.9 Å². The van der Waals surface area contributed by atoms with Crippen molar-refractivity contribution in [3.8, 4) is 0 Å². The van der Waals surface area contributed by atoms with Gasteiger partial charge in [0.1, 0.15) is 0 Å². The molecule has 0 saturated carbocycles. The number of hydrogen-bond donors (Lipinski definition) is 2. The van der Waals surface area contributed by atoms with Gasteiger partial charge in [0.2, 0.25) is 0 Å². The minimum Gasteiger partial charge on any atom is -0.394 e. The molecular weight excluding hydrogens is 174 g/mol. The molecule has 2 unspecified atom stereocenters. The normalized spacial score (nSPS) is 26.1. The third kappa shape index (κ3) is 3.43. The van der Waals surface area contributed by atoms with Gasteiger partial charge in [0.05, 0.1) is 6.61 Å². The lowest BCUT2D eigenvalue weighted by atomic mass is 9.92. The van der Waals surface area contributed by atoms with Crippen LogP contribution in [0, 0.1) is 5.92 Å². The SMILES string of the molecule is CCC(C)(CO)NCC1CC=CCC1. The molecule has 0 spiro atoms. The summed E-state index contributed by atoms with van der Waals surface area (Å²) in [4.78, 5) is 0. The maximum Gasteiger partial charge on any atom is 0.0610 e. The van der Waals surface area contributed by atoms with E-state index in [-0.39, 0.29) is 12.1 Å². The second kappa shape index (κ2) is 5.52. The van der Waals surface area contributed by atoms with Crippen molar-refractivity contribution in [2.75, 3.05) is 13.2 Å². The van der Waals surface area contributed by atoms with Crippen LogP contribution in [0.5, 0.6) is 0 Å². The van der Waals surface area contributed by atoms with Crippen molar-refractivity contribution in [2.45, 2.75) is 45.1 Å². The van der Waals surface area contributed by atoms with Gasteiger partial charge in [-0.25, -0.2) is 0 Å². The minimum absolute atomic E-state index is 0.0822. The van der Waals surface area contributed by atoms with Crippen molar-refractivity contribution in [1.29, 1.82) is 0 Å². The Balaban J connectivity index is 2.27. The first-order valence-electron chi connectivity index (χ1n) is 5.71. The summed E-state index contributed by atoms with van der Waals surface area (Å²) in [5.41, 5.74) is -0.0822. The van der Waals surface area contributed by atoms with E-state index < -0.39 is 0 Å². The topological polar surface area (TPSA) is 32.3 Å². The number of nitrogens with one attached hydrogen (secondary N) is 1. The number of hydrogen-bond acceptors (Lipinski definition) is 2. The van der Waals surface area contributed by atoms with Gasteiger partial charge in [-0.1, -0.05) is 19.1 Å². The molecule has 2 nitrogen and oxygen atoms in total. The van der Waals surface area contributed by atoms with Crippen LogP contribution in [0.4, 0.5) is 0 Å². The lowest BCUT2D eigenvalue weighted by Crippen LogP contribution is -2.47. The molecule has 0 bridgehead atoms. The third-order valence-corrected chi connectivity index (χ3v) is 3.32. The molecule has 2 N–H and O–H groups in total. The van der Waals surface area contributed by atoms with Crippen LogP contribution < -0.4 is 5.32 Å². The maximum absolute atomic E-state index is 9.24. The van der Waals surface area contributed by atoms with Crippen molar-refractivity contribution >= 4 is 0 Å². The van der Waals surface area contributed by atoms with Gasteiger partial charge in [0.15, 0.2) is 0 Å². The van der Waals surface area contributed by atoms with E-state index in [9.17, 15) is 5.11 Å². The standard InChI is InChI=1S/C12H23NO/c1-3-12(2,10-14)13-9-11-7-5-4-6-8-11/h4-5,11,13-14H,3,6-10H2,1-2H3. The van der Waals surface area contributed by atoms with Crippen LogP contribution in [0.15, 0.2) is 12.2 Å². The number of allylic oxidation sites excluding steroid dienone is 2. The molecule has 0 heterocycles. The Hall–Kier alpha value is -0.340. The Labute approximate surface area is 87.4 Å². The van der Waals surface area contributed by atoms with Gasteiger partial charge in [-0.05, 0) is 45.1 Å². The minimum atomic E-state index is -0.0822. The third-order valence-electron chi connectivity index (χ3n) is 3.32. The van der Waals surface area contributed by atoms with Crippen LogP contribution in [-0.4, -0.2) is 23.8 Å². The van der Waals surface area contributed by atoms with E-state index in [2.05, 4.69) is 31.3 Å². The molecule has 0 amide bonds. The second-order valence-electron chi connectivity index (χ2n) is 4.60. The Bertz CT molecular complexity index is 185. The van der Waals surface area contributed by atoms with Crippen LogP contribution in [0.1, 0.15) is 39.5 Å². The van der Waals surface area contributed by atoms with E-state index in [1.807, 2.05) is 0 Å². The molecule has 0 radical (unpaired) electrons. The molecule has 82 valence electrons. The molecule has 1 aliphatic carbocycles. The Morgan fingerprint density at radius 1 is 1.50 bits per heavy atom. The molecule has 2 heteroatoms. The van der Waals surface area contributed by atoms with Crippen molar-refractivity contribution in [3.05, 3.63) is 12.2 Å². The monoisotopic (exact) mass is 197 g/mol. The van der Waals surface area contributed by atoms with Crippen LogP contribution in [-0.2, 0) is 0 Å². The number of rotatable bonds is 5. The molecule has 0 aromatic carbocycles. The first-order valence-corrected chi connectivity index (χ1v) is 5.71. The quantitative estimate of drug-likeness (QED) is 0.661. The predicted molar refractivity (Wildman–Crippen MR) is 60.3 cm³/mol. The largest absolute Gasteiger partial charge is 0.394 e. The highest BCUT2D eigenvalue weighted by Gasteiger charge is 2.21. The Morgan fingerprint density at radius 3 is 2.79 bits per heavy atom. The van der Waals surface area contributed by atoms with Crippen molar-refractivity contribution in [2.24, 2.45) is 5.92 Å². The van der Waals surface area contributed by atoms with Gasteiger partial charge in [0, 0.05) is 5.54 Å². The number of aliphatic hydroxyl groups is 1. The predicted octanol–water partition coefficient (Wildman–Crippen LogP) is 2.09. The molecule has 0 fully saturated rings. The van der Waals surface area contributed by atoms with Crippen LogP contribution in [0.25, 0.3) is 0 Å². The van der Waals surface area contributed by atoms with E-state index in [0.29, 0.717) is 0 Å². The van der Waals surface area contributed by atoms with E-state index in [1.165, 1.54) is 19.3 Å². The average Bonchev–Trinajstić information content (AvgIpc) is 2.27. The summed E-state index contributed by atoms with van der Waals surface area (Å²) in [6, 6.07) is 0. The summed E-state index contributed by atoms with van der Waals surface area (Å²) in [7, 11) is 0. The van der Waals surface area contributed by atoms with Crippen LogP contribution in [0.2, 0.25) is 0 Å². The molecule has 1 rings (SSSR count). The van der Waals surface area contributed by atoms with E-state index in [1.54, 1.807) is 0 Å². The van der Waals surface area contributed by atoms with Crippen molar-refractivity contribution < 1.29 is 5.11 Å². The summed E-state index contributed by atoms with van der Waals surface area (Å²) < 4.78 is 0. The highest BCUT2D eigenvalue weighted by Crippen LogP contribution is 2.18. The summed E-state index contributed by atoms with van der Waals surface area (Å²) in [6.45, 7) is 5.47. The maximum atomic E-state index is 9.24. The molecular formula is C12H23NO. The smallest absolute Gasteiger partial charge is 0.0610 e. The lowest BCUT2D eigenvalue weighted by Gasteiger charge is -2.30. The van der Waals surface area contributed by atoms with Crippen LogP contribution in [0.3, 0.4) is 0 Å². The summed E-state index contributed by atoms with van der Waals surface area (Å²) in [5.74, 6) is 0.762. The highest BCUT2D eigenvalue weighted by molar-refractivity contribution is 4.92. The van der Waals surface area contributed by atoms with Gasteiger partial charge in [0.25, 0.3) is 0 Å². The first-order chi connectivity index (χ1) is 6.70. The van der Waals surface area contributed by atoms with Gasteiger partial charge in [-0.3, -0.25) is 0 Å². The Kier molecular flexibility index (Phi) is 4.63. The molecule has 1 aliphatic rings. The fraction of sp³-hybridized carbons (Fsp3) is 0.833. The first kappa shape index (κ1) is 11.7. The average molecular weight is 197 g/mol. The second-order valence-corrected chi connectivity index (χ2v) is 4.60. The number of aliphatic hydroxyl groups excluding tert-OH is 1. The zero-order valence-electron chi connectivity index (χ0n) is 9.42. The molecule has 0 aliphatic heterocycles. The van der Waals surface area contributed by atoms with Gasteiger partial charge < -0.3 is 10.4 Å². The molecule has 0 saturated heterocycles. The lowest BCUT2D eigenvalue weighted by molar-refractivity contribution is 0.163. The highest BCUT2D eigenvalue weighted by atomic mass is 16.3. The fourth-order valence-corrected chi connectivity index (χ4v) is 1.73. The van der Waals surface area contributed by atoms with Gasteiger partial charge >= 0.3 is 0 Å². The van der Waals surface area contributed by atoms with Crippen molar-refractivity contribution in [1.82, 2.24) is 5.32 Å². The Morgan fingerprint density at radius 2 is 2.29 bits per heavy atom. The van der Waals surface area contributed by atoms with Gasteiger partial charge in [-0.15, -0.1) is 0 Å².